The number of aromatic nitrogens is 3. The van der Waals surface area contributed by atoms with Crippen LogP contribution >= 0.6 is 0 Å². The first-order chi connectivity index (χ1) is 13.8. The molecule has 3 heterocycles. The molecule has 0 saturated heterocycles. The summed E-state index contributed by atoms with van der Waals surface area (Å²) >= 11 is 0. The van der Waals surface area contributed by atoms with Gasteiger partial charge in [0.15, 0.2) is 0 Å². The number of rotatable bonds is 5. The summed E-state index contributed by atoms with van der Waals surface area (Å²) in [5, 5.41) is 0. The number of carbonyl (C=O) groups is 1. The van der Waals surface area contributed by atoms with Gasteiger partial charge in [-0.2, -0.15) is 0 Å². The Morgan fingerprint density at radius 2 is 1.86 bits per heavy atom. The smallest absolute Gasteiger partial charge is 0.356 e. The lowest BCUT2D eigenvalue weighted by molar-refractivity contribution is 0.0594. The summed E-state index contributed by atoms with van der Waals surface area (Å²) in [6.45, 7) is 5.16. The number of methoxy groups -OCH3 is 1. The van der Waals surface area contributed by atoms with Gasteiger partial charge in [-0.05, 0) is 44.0 Å². The third-order valence-electron chi connectivity index (χ3n) is 4.33. The molecule has 3 aromatic heterocycles. The van der Waals surface area contributed by atoms with Crippen molar-refractivity contribution in [3.63, 3.8) is 0 Å². The minimum atomic E-state index is -0.593. The maximum absolute atomic E-state index is 13.9. The third-order valence-corrected chi connectivity index (χ3v) is 4.33. The zero-order valence-electron chi connectivity index (χ0n) is 16.5. The van der Waals surface area contributed by atoms with E-state index in [1.54, 1.807) is 33.0 Å². The van der Waals surface area contributed by atoms with E-state index >= 15 is 0 Å². The predicted molar refractivity (Wildman–Crippen MR) is 104 cm³/mol. The number of hydrogen-bond donors (Lipinski definition) is 0. The van der Waals surface area contributed by atoms with E-state index in [4.69, 9.17) is 9.47 Å². The Balaban J connectivity index is 1.92. The average molecular weight is 397 g/mol. The number of carbonyl (C=O) groups excluding carboxylic acids is 1. The maximum Gasteiger partial charge on any atom is 0.356 e. The van der Waals surface area contributed by atoms with Crippen LogP contribution in [0.1, 0.15) is 33.0 Å². The van der Waals surface area contributed by atoms with Gasteiger partial charge in [-0.15, -0.1) is 0 Å². The molecule has 7 nitrogen and oxygen atoms in total. The van der Waals surface area contributed by atoms with Crippen LogP contribution in [0.25, 0.3) is 5.69 Å². The highest BCUT2D eigenvalue weighted by Crippen LogP contribution is 2.19. The highest BCUT2D eigenvalue weighted by molar-refractivity contribution is 5.87. The van der Waals surface area contributed by atoms with Crippen molar-refractivity contribution >= 4 is 5.97 Å². The van der Waals surface area contributed by atoms with Gasteiger partial charge in [-0.1, -0.05) is 0 Å². The summed E-state index contributed by atoms with van der Waals surface area (Å²) in [5.74, 6) is -0.757. The fourth-order valence-electron chi connectivity index (χ4n) is 2.85. The van der Waals surface area contributed by atoms with Gasteiger partial charge in [0.05, 0.1) is 12.8 Å². The molecular formula is C21H20FN3O4. The molecule has 0 fully saturated rings. The highest BCUT2D eigenvalue weighted by Gasteiger charge is 2.14. The minimum absolute atomic E-state index is 0.0978. The van der Waals surface area contributed by atoms with Crippen LogP contribution in [0.3, 0.4) is 0 Å². The number of nitrogens with zero attached hydrogens (tertiary/aromatic N) is 3. The molecule has 0 unspecified atom stereocenters. The molecule has 0 aliphatic rings. The molecule has 0 aliphatic carbocycles. The van der Waals surface area contributed by atoms with Crippen LogP contribution in [0.5, 0.6) is 5.75 Å². The van der Waals surface area contributed by atoms with Crippen LogP contribution in [0.2, 0.25) is 0 Å². The zero-order chi connectivity index (χ0) is 21.1. The topological polar surface area (TPSA) is 83.3 Å². The molecule has 29 heavy (non-hydrogen) atoms. The highest BCUT2D eigenvalue weighted by atomic mass is 19.1. The third kappa shape index (κ3) is 4.31. The number of pyridine rings is 3. The van der Waals surface area contributed by atoms with Crippen LogP contribution in [-0.2, 0) is 11.3 Å². The Labute approximate surface area is 166 Å². The average Bonchev–Trinajstić information content (AvgIpc) is 2.67. The van der Waals surface area contributed by atoms with Crippen LogP contribution in [0.4, 0.5) is 4.39 Å². The molecule has 8 heteroatoms. The summed E-state index contributed by atoms with van der Waals surface area (Å²) in [4.78, 5) is 32.6. The van der Waals surface area contributed by atoms with Crippen molar-refractivity contribution < 1.29 is 18.7 Å². The van der Waals surface area contributed by atoms with Gasteiger partial charge >= 0.3 is 5.97 Å². The first kappa shape index (κ1) is 20.2. The van der Waals surface area contributed by atoms with Crippen molar-refractivity contribution in [1.29, 1.82) is 0 Å². The fourth-order valence-corrected chi connectivity index (χ4v) is 2.85. The number of ether oxygens (including phenoxy) is 2. The zero-order valence-corrected chi connectivity index (χ0v) is 16.5. The molecule has 0 aromatic carbocycles. The number of aryl methyl sites for hydroxylation is 3. The summed E-state index contributed by atoms with van der Waals surface area (Å²) in [6, 6.07) is 5.84. The van der Waals surface area contributed by atoms with Crippen molar-refractivity contribution in [3.8, 4) is 11.4 Å². The molecule has 3 aromatic rings. The predicted octanol–water partition coefficient (Wildman–Crippen LogP) is 3.06. The van der Waals surface area contributed by atoms with Gasteiger partial charge in [0, 0.05) is 30.2 Å². The Hall–Kier alpha value is -3.55. The minimum Gasteiger partial charge on any atom is -0.487 e. The molecular weight excluding hydrogens is 377 g/mol. The lowest BCUT2D eigenvalue weighted by atomic mass is 10.2. The summed E-state index contributed by atoms with van der Waals surface area (Å²) in [5.41, 5.74) is 2.41. The van der Waals surface area contributed by atoms with Crippen LogP contribution in [0, 0.1) is 26.6 Å². The largest absolute Gasteiger partial charge is 0.487 e. The van der Waals surface area contributed by atoms with Gasteiger partial charge in [0.25, 0.3) is 5.56 Å². The molecule has 0 bridgehead atoms. The number of hydrogen-bond acceptors (Lipinski definition) is 6. The fraction of sp³-hybridized carbons (Fsp3) is 0.238. The second-order valence-electron chi connectivity index (χ2n) is 6.58. The molecule has 0 amide bonds. The van der Waals surface area contributed by atoms with Crippen molar-refractivity contribution in [3.05, 3.63) is 81.0 Å². The molecule has 3 rings (SSSR count). The quantitative estimate of drug-likeness (QED) is 0.616. The molecule has 0 N–H and O–H groups in total. The van der Waals surface area contributed by atoms with E-state index in [0.717, 1.165) is 0 Å². The van der Waals surface area contributed by atoms with Gasteiger partial charge in [0.1, 0.15) is 29.6 Å². The lowest BCUT2D eigenvalue weighted by Gasteiger charge is -2.15. The van der Waals surface area contributed by atoms with E-state index in [1.807, 2.05) is 0 Å². The number of esters is 1. The lowest BCUT2D eigenvalue weighted by Crippen LogP contribution is -2.21. The first-order valence-electron chi connectivity index (χ1n) is 8.83. The molecule has 0 saturated carbocycles. The van der Waals surface area contributed by atoms with Crippen LogP contribution < -0.4 is 10.3 Å². The summed E-state index contributed by atoms with van der Waals surface area (Å²) in [7, 11) is 1.26. The Morgan fingerprint density at radius 1 is 1.10 bits per heavy atom. The monoisotopic (exact) mass is 397 g/mol. The molecule has 0 radical (unpaired) electrons. The maximum atomic E-state index is 13.9. The van der Waals surface area contributed by atoms with Gasteiger partial charge in [-0.3, -0.25) is 14.3 Å². The summed E-state index contributed by atoms with van der Waals surface area (Å²) < 4.78 is 25.6. The van der Waals surface area contributed by atoms with Gasteiger partial charge in [0.2, 0.25) is 0 Å². The van der Waals surface area contributed by atoms with Crippen LogP contribution in [0.15, 0.2) is 41.5 Å². The van der Waals surface area contributed by atoms with Crippen molar-refractivity contribution in [2.75, 3.05) is 7.11 Å². The van der Waals surface area contributed by atoms with E-state index in [-0.39, 0.29) is 23.6 Å². The first-order valence-corrected chi connectivity index (χ1v) is 8.83. The van der Waals surface area contributed by atoms with E-state index < -0.39 is 11.8 Å². The Kier molecular flexibility index (Phi) is 5.72. The normalized spacial score (nSPS) is 10.7. The molecule has 0 atom stereocenters. The van der Waals surface area contributed by atoms with E-state index in [9.17, 15) is 14.0 Å². The van der Waals surface area contributed by atoms with Crippen molar-refractivity contribution in [2.45, 2.75) is 27.4 Å². The second-order valence-corrected chi connectivity index (χ2v) is 6.58. The van der Waals surface area contributed by atoms with Gasteiger partial charge < -0.3 is 9.47 Å². The van der Waals surface area contributed by atoms with E-state index in [0.29, 0.717) is 28.3 Å². The van der Waals surface area contributed by atoms with Crippen molar-refractivity contribution in [1.82, 2.24) is 14.5 Å². The number of halogens is 1. The Morgan fingerprint density at radius 3 is 2.52 bits per heavy atom. The molecule has 0 spiro atoms. The summed E-state index contributed by atoms with van der Waals surface area (Å²) in [6.07, 6.45) is 3.06. The van der Waals surface area contributed by atoms with E-state index in [2.05, 4.69) is 9.97 Å². The van der Waals surface area contributed by atoms with Crippen molar-refractivity contribution in [2.24, 2.45) is 0 Å². The van der Waals surface area contributed by atoms with E-state index in [1.165, 1.54) is 36.1 Å². The molecule has 0 aliphatic heterocycles. The SMILES string of the molecule is COC(=O)c1cc(-n2c(C)cc(OCc3ncc(C)cc3F)cc2=O)c(C)cn1. The Bertz CT molecular complexity index is 1140. The van der Waals surface area contributed by atoms with Gasteiger partial charge in [-0.25, -0.2) is 14.2 Å². The van der Waals surface area contributed by atoms with Crippen LogP contribution in [-0.4, -0.2) is 27.6 Å². The molecule has 150 valence electrons. The second kappa shape index (κ2) is 8.22. The standard InChI is InChI=1S/C21H20FN3O4/c1-12-5-16(22)18(23-9-12)11-29-15-6-14(3)25(20(26)7-15)19-8-17(21(27)28-4)24-10-13(19)2/h5-10H,11H2,1-4H3.